The Morgan fingerprint density at radius 1 is 1.07 bits per heavy atom. The van der Waals surface area contributed by atoms with Gasteiger partial charge in [-0.2, -0.15) is 0 Å². The Balaban J connectivity index is 1.10. The molecule has 0 radical (unpaired) electrons. The van der Waals surface area contributed by atoms with E-state index in [-0.39, 0.29) is 12.1 Å². The monoisotopic (exact) mass is 567 g/mol. The van der Waals surface area contributed by atoms with Gasteiger partial charge in [0, 0.05) is 25.2 Å². The van der Waals surface area contributed by atoms with E-state index in [2.05, 4.69) is 42.5 Å². The van der Waals surface area contributed by atoms with Crippen molar-refractivity contribution >= 4 is 5.97 Å². The number of carbonyl (C=O) groups excluding carboxylic acids is 1. The van der Waals surface area contributed by atoms with Gasteiger partial charge in [-0.3, -0.25) is 9.78 Å². The maximum Gasteiger partial charge on any atom is 0.305 e. The SMILES string of the molecule is COC(=O)CC[C@@H](C)[C@H]1CCC2C3C(O)C[C@H]4C[C@H](NCCCCNCc5ccccn5)CC[C@]4(C)C3CC[C@@]21C. The van der Waals surface area contributed by atoms with Crippen molar-refractivity contribution in [3.63, 3.8) is 0 Å². The van der Waals surface area contributed by atoms with Crippen molar-refractivity contribution in [1.82, 2.24) is 15.6 Å². The Morgan fingerprint density at radius 2 is 1.85 bits per heavy atom. The highest BCUT2D eigenvalue weighted by molar-refractivity contribution is 5.69. The molecule has 0 aliphatic heterocycles. The smallest absolute Gasteiger partial charge is 0.305 e. The molecule has 230 valence electrons. The molecule has 3 N–H and O–H groups in total. The van der Waals surface area contributed by atoms with Gasteiger partial charge in [0.25, 0.3) is 0 Å². The van der Waals surface area contributed by atoms with E-state index < -0.39 is 0 Å². The predicted octanol–water partition coefficient (Wildman–Crippen LogP) is 6.13. The molecule has 6 heteroatoms. The van der Waals surface area contributed by atoms with Crippen molar-refractivity contribution < 1.29 is 14.6 Å². The van der Waals surface area contributed by atoms with Crippen LogP contribution in [0.25, 0.3) is 0 Å². The van der Waals surface area contributed by atoms with Gasteiger partial charge in [-0.15, -0.1) is 0 Å². The zero-order valence-electron chi connectivity index (χ0n) is 26.2. The number of nitrogens with zero attached hydrogens (tertiary/aromatic N) is 1. The number of fused-ring (bicyclic) bond motifs is 5. The molecule has 4 aliphatic carbocycles. The topological polar surface area (TPSA) is 83.5 Å². The molecule has 0 saturated heterocycles. The second-order valence-corrected chi connectivity index (χ2v) is 14.7. The minimum Gasteiger partial charge on any atom is -0.469 e. The first kappa shape index (κ1) is 30.9. The number of hydrogen-bond acceptors (Lipinski definition) is 6. The number of rotatable bonds is 12. The zero-order valence-corrected chi connectivity index (χ0v) is 26.2. The van der Waals surface area contributed by atoms with Gasteiger partial charge in [0.05, 0.1) is 18.9 Å². The highest BCUT2D eigenvalue weighted by atomic mass is 16.5. The summed E-state index contributed by atoms with van der Waals surface area (Å²) in [4.78, 5) is 16.2. The van der Waals surface area contributed by atoms with Crippen molar-refractivity contribution in [2.24, 2.45) is 46.3 Å². The lowest BCUT2D eigenvalue weighted by Gasteiger charge is -2.62. The van der Waals surface area contributed by atoms with Gasteiger partial charge in [-0.05, 0) is 142 Å². The van der Waals surface area contributed by atoms with E-state index in [1.165, 1.54) is 64.9 Å². The molecule has 41 heavy (non-hydrogen) atoms. The van der Waals surface area contributed by atoms with E-state index in [0.717, 1.165) is 38.2 Å². The third-order valence-electron chi connectivity index (χ3n) is 12.7. The van der Waals surface area contributed by atoms with E-state index in [9.17, 15) is 9.90 Å². The van der Waals surface area contributed by atoms with Crippen LogP contribution in [0.1, 0.15) is 104 Å². The first-order valence-electron chi connectivity index (χ1n) is 16.8. The van der Waals surface area contributed by atoms with Crippen molar-refractivity contribution in [2.45, 2.75) is 117 Å². The molecule has 4 aliphatic rings. The number of aromatic nitrogens is 1. The summed E-state index contributed by atoms with van der Waals surface area (Å²) >= 11 is 0. The fraction of sp³-hybridized carbons (Fsp3) is 0.829. The van der Waals surface area contributed by atoms with E-state index in [1.807, 2.05) is 18.3 Å². The van der Waals surface area contributed by atoms with Crippen LogP contribution in [0.3, 0.4) is 0 Å². The number of aliphatic hydroxyl groups is 1. The second kappa shape index (κ2) is 13.4. The first-order chi connectivity index (χ1) is 19.8. The molecule has 0 spiro atoms. The lowest BCUT2D eigenvalue weighted by Crippen LogP contribution is -2.59. The van der Waals surface area contributed by atoms with Crippen LogP contribution in [0.4, 0.5) is 0 Å². The summed E-state index contributed by atoms with van der Waals surface area (Å²) in [5, 5.41) is 19.1. The average Bonchev–Trinajstić information content (AvgIpc) is 3.33. The van der Waals surface area contributed by atoms with Gasteiger partial charge in [-0.1, -0.05) is 26.8 Å². The average molecular weight is 568 g/mol. The number of unbranched alkanes of at least 4 members (excludes halogenated alkanes) is 1. The molecular weight excluding hydrogens is 510 g/mol. The van der Waals surface area contributed by atoms with Crippen molar-refractivity contribution in [3.8, 4) is 0 Å². The summed E-state index contributed by atoms with van der Waals surface area (Å²) in [6.07, 6.45) is 15.4. The van der Waals surface area contributed by atoms with Crippen LogP contribution >= 0.6 is 0 Å². The molecule has 4 fully saturated rings. The maximum atomic E-state index is 11.8. The van der Waals surface area contributed by atoms with E-state index in [0.29, 0.717) is 58.8 Å². The van der Waals surface area contributed by atoms with Crippen LogP contribution in [0.15, 0.2) is 24.4 Å². The molecule has 6 nitrogen and oxygen atoms in total. The summed E-state index contributed by atoms with van der Waals surface area (Å²) in [6.45, 7) is 10.5. The third-order valence-corrected chi connectivity index (χ3v) is 12.7. The molecule has 1 aromatic rings. The number of carbonyl (C=O) groups is 1. The first-order valence-corrected chi connectivity index (χ1v) is 16.8. The van der Waals surface area contributed by atoms with Crippen LogP contribution in [-0.2, 0) is 16.1 Å². The van der Waals surface area contributed by atoms with Gasteiger partial charge in [0.15, 0.2) is 0 Å². The standard InChI is InChI=1S/C35H57N3O3/c1-24(10-13-32(40)41-4)28-11-12-29-33-30(15-17-35(28,29)3)34(2)16-14-26(21-25(34)22-31(33)39)37-20-8-7-18-36-23-27-9-5-6-19-38-27/h5-6,9,19,24-26,28-31,33,36-37,39H,7-8,10-18,20-23H2,1-4H3/t24-,25-,26-,28-,29?,30?,31?,33?,34+,35-/m1/s1. The maximum absolute atomic E-state index is 11.8. The van der Waals surface area contributed by atoms with Gasteiger partial charge in [-0.25, -0.2) is 0 Å². The number of aliphatic hydroxyl groups excluding tert-OH is 1. The minimum absolute atomic E-state index is 0.0827. The third kappa shape index (κ3) is 6.55. The molecule has 4 saturated carbocycles. The number of methoxy groups -OCH3 is 1. The summed E-state index contributed by atoms with van der Waals surface area (Å²) in [5.41, 5.74) is 1.77. The Labute approximate surface area is 249 Å². The van der Waals surface area contributed by atoms with Crippen LogP contribution in [-0.4, -0.2) is 48.4 Å². The minimum atomic E-state index is -0.157. The molecule has 0 bridgehead atoms. The number of ether oxygens (including phenoxy) is 1. The van der Waals surface area contributed by atoms with Crippen LogP contribution in [0, 0.1) is 46.3 Å². The molecule has 5 rings (SSSR count). The molecular formula is C35H57N3O3. The predicted molar refractivity (Wildman–Crippen MR) is 164 cm³/mol. The molecule has 10 atom stereocenters. The number of hydrogen-bond donors (Lipinski definition) is 3. The van der Waals surface area contributed by atoms with E-state index in [1.54, 1.807) is 0 Å². The molecule has 0 aromatic carbocycles. The Kier molecular flexibility index (Phi) is 10.1. The summed E-state index contributed by atoms with van der Waals surface area (Å²) in [5.74, 6) is 3.47. The quantitative estimate of drug-likeness (QED) is 0.208. The largest absolute Gasteiger partial charge is 0.469 e. The number of pyridine rings is 1. The Hall–Kier alpha value is -1.50. The summed E-state index contributed by atoms with van der Waals surface area (Å²) in [7, 11) is 1.49. The summed E-state index contributed by atoms with van der Waals surface area (Å²) < 4.78 is 4.92. The molecule has 0 amide bonds. The zero-order chi connectivity index (χ0) is 29.0. The van der Waals surface area contributed by atoms with Gasteiger partial charge >= 0.3 is 5.97 Å². The van der Waals surface area contributed by atoms with Gasteiger partial charge in [0.2, 0.25) is 0 Å². The van der Waals surface area contributed by atoms with Crippen molar-refractivity contribution in [2.75, 3.05) is 20.2 Å². The Morgan fingerprint density at radius 3 is 2.63 bits per heavy atom. The van der Waals surface area contributed by atoms with Crippen LogP contribution < -0.4 is 10.6 Å². The molecule has 1 aromatic heterocycles. The molecule has 4 unspecified atom stereocenters. The fourth-order valence-electron chi connectivity index (χ4n) is 10.4. The van der Waals surface area contributed by atoms with Crippen LogP contribution in [0.5, 0.6) is 0 Å². The molecule has 1 heterocycles. The van der Waals surface area contributed by atoms with Crippen LogP contribution in [0.2, 0.25) is 0 Å². The van der Waals surface area contributed by atoms with Gasteiger partial charge < -0.3 is 20.5 Å². The summed E-state index contributed by atoms with van der Waals surface area (Å²) in [6, 6.07) is 6.67. The van der Waals surface area contributed by atoms with E-state index >= 15 is 0 Å². The van der Waals surface area contributed by atoms with Crippen molar-refractivity contribution in [1.29, 1.82) is 0 Å². The fourth-order valence-corrected chi connectivity index (χ4v) is 10.4. The number of nitrogens with one attached hydrogen (secondary N) is 2. The van der Waals surface area contributed by atoms with Crippen molar-refractivity contribution in [3.05, 3.63) is 30.1 Å². The highest BCUT2D eigenvalue weighted by Crippen LogP contribution is 2.68. The number of esters is 1. The van der Waals surface area contributed by atoms with E-state index in [4.69, 9.17) is 4.74 Å². The normalized spacial score (nSPS) is 38.9. The highest BCUT2D eigenvalue weighted by Gasteiger charge is 2.62. The second-order valence-electron chi connectivity index (χ2n) is 14.7. The van der Waals surface area contributed by atoms with Gasteiger partial charge in [0.1, 0.15) is 0 Å². The lowest BCUT2D eigenvalue weighted by atomic mass is 9.43. The Bertz CT molecular complexity index is 990. The lowest BCUT2D eigenvalue weighted by molar-refractivity contribution is -0.167.